The van der Waals surface area contributed by atoms with Crippen LogP contribution in [0.1, 0.15) is 52.4 Å². The van der Waals surface area contributed by atoms with Gasteiger partial charge in [0.05, 0.1) is 0 Å². The summed E-state index contributed by atoms with van der Waals surface area (Å²) in [6, 6.07) is 0.488. The van der Waals surface area contributed by atoms with Crippen molar-refractivity contribution in [2.45, 2.75) is 58.4 Å². The van der Waals surface area contributed by atoms with Gasteiger partial charge in [-0.15, -0.1) is 12.4 Å². The van der Waals surface area contributed by atoms with Gasteiger partial charge in [0.1, 0.15) is 0 Å². The number of carbonyl (C=O) groups excluding carboxylic acids is 1. The Morgan fingerprint density at radius 1 is 1.39 bits per heavy atom. The first-order chi connectivity index (χ1) is 8.09. The highest BCUT2D eigenvalue weighted by molar-refractivity contribution is 5.85. The molecule has 0 aromatic heterocycles. The van der Waals surface area contributed by atoms with E-state index < -0.39 is 0 Å². The molecule has 2 rings (SSSR count). The molecule has 0 radical (unpaired) electrons. The fourth-order valence-corrected chi connectivity index (χ4v) is 3.22. The number of amides is 1. The molecular formula is C14H27ClN2O. The first-order valence-electron chi connectivity index (χ1n) is 7.10. The molecule has 2 fully saturated rings. The van der Waals surface area contributed by atoms with Crippen molar-refractivity contribution in [3.8, 4) is 0 Å². The second-order valence-electron chi connectivity index (χ2n) is 6.31. The smallest absolute Gasteiger partial charge is 0.223 e. The Balaban J connectivity index is 0.00000162. The summed E-state index contributed by atoms with van der Waals surface area (Å²) in [4.78, 5) is 12.1. The lowest BCUT2D eigenvalue weighted by Crippen LogP contribution is -2.44. The molecule has 18 heavy (non-hydrogen) atoms. The van der Waals surface area contributed by atoms with Crippen molar-refractivity contribution in [3.05, 3.63) is 0 Å². The molecule has 0 unspecified atom stereocenters. The SMILES string of the molecule is C[C@H]1C[C@@H](C(=O)NCC2(C)CCCC2)CCN1.Cl. The zero-order valence-electron chi connectivity index (χ0n) is 11.6. The minimum atomic E-state index is 0. The van der Waals surface area contributed by atoms with E-state index in [4.69, 9.17) is 0 Å². The van der Waals surface area contributed by atoms with Gasteiger partial charge in [-0.1, -0.05) is 19.8 Å². The molecular weight excluding hydrogens is 248 g/mol. The summed E-state index contributed by atoms with van der Waals surface area (Å²) in [7, 11) is 0. The number of halogens is 1. The molecule has 4 heteroatoms. The first kappa shape index (κ1) is 15.8. The van der Waals surface area contributed by atoms with Crippen LogP contribution in [0.5, 0.6) is 0 Å². The van der Waals surface area contributed by atoms with Crippen LogP contribution in [0.4, 0.5) is 0 Å². The van der Waals surface area contributed by atoms with Crippen LogP contribution in [-0.2, 0) is 4.79 Å². The van der Waals surface area contributed by atoms with E-state index in [1.165, 1.54) is 25.7 Å². The topological polar surface area (TPSA) is 41.1 Å². The normalized spacial score (nSPS) is 30.6. The van der Waals surface area contributed by atoms with Gasteiger partial charge in [-0.05, 0) is 44.6 Å². The minimum absolute atomic E-state index is 0. The minimum Gasteiger partial charge on any atom is -0.355 e. The van der Waals surface area contributed by atoms with Crippen molar-refractivity contribution >= 4 is 18.3 Å². The van der Waals surface area contributed by atoms with Crippen molar-refractivity contribution in [2.75, 3.05) is 13.1 Å². The molecule has 1 aliphatic heterocycles. The molecule has 0 bridgehead atoms. The van der Waals surface area contributed by atoms with Crippen LogP contribution in [0.15, 0.2) is 0 Å². The standard InChI is InChI=1S/C14H26N2O.ClH/c1-11-9-12(5-8-15-11)13(17)16-10-14(2)6-3-4-7-14;/h11-12,15H,3-10H2,1-2H3,(H,16,17);1H/t11-,12-;/m0./s1. The number of piperidine rings is 1. The molecule has 1 amide bonds. The summed E-state index contributed by atoms with van der Waals surface area (Å²) in [5, 5.41) is 6.58. The summed E-state index contributed by atoms with van der Waals surface area (Å²) in [6.45, 7) is 6.34. The number of hydrogen-bond donors (Lipinski definition) is 2. The largest absolute Gasteiger partial charge is 0.355 e. The predicted molar refractivity (Wildman–Crippen MR) is 77.0 cm³/mol. The van der Waals surface area contributed by atoms with Gasteiger partial charge >= 0.3 is 0 Å². The molecule has 0 aromatic carbocycles. The fourth-order valence-electron chi connectivity index (χ4n) is 3.22. The van der Waals surface area contributed by atoms with Gasteiger partial charge in [0.25, 0.3) is 0 Å². The van der Waals surface area contributed by atoms with Gasteiger partial charge in [-0.2, -0.15) is 0 Å². The lowest BCUT2D eigenvalue weighted by atomic mass is 9.88. The van der Waals surface area contributed by atoms with E-state index in [-0.39, 0.29) is 24.2 Å². The Hall–Kier alpha value is -0.280. The van der Waals surface area contributed by atoms with E-state index in [1.54, 1.807) is 0 Å². The van der Waals surface area contributed by atoms with Crippen molar-refractivity contribution in [1.29, 1.82) is 0 Å². The van der Waals surface area contributed by atoms with Crippen molar-refractivity contribution in [3.63, 3.8) is 0 Å². The van der Waals surface area contributed by atoms with E-state index in [2.05, 4.69) is 24.5 Å². The summed E-state index contributed by atoms with van der Waals surface area (Å²) in [5.41, 5.74) is 0.369. The van der Waals surface area contributed by atoms with Gasteiger partial charge in [-0.25, -0.2) is 0 Å². The van der Waals surface area contributed by atoms with Crippen molar-refractivity contribution in [2.24, 2.45) is 11.3 Å². The average Bonchev–Trinajstić information content (AvgIpc) is 2.74. The maximum absolute atomic E-state index is 12.1. The molecule has 0 spiro atoms. The van der Waals surface area contributed by atoms with E-state index >= 15 is 0 Å². The van der Waals surface area contributed by atoms with Gasteiger partial charge in [-0.3, -0.25) is 4.79 Å². The summed E-state index contributed by atoms with van der Waals surface area (Å²) in [5.74, 6) is 0.516. The third-order valence-corrected chi connectivity index (χ3v) is 4.49. The third-order valence-electron chi connectivity index (χ3n) is 4.49. The van der Waals surface area contributed by atoms with Crippen LogP contribution in [0, 0.1) is 11.3 Å². The monoisotopic (exact) mass is 274 g/mol. The maximum Gasteiger partial charge on any atom is 0.223 e. The summed E-state index contributed by atoms with van der Waals surface area (Å²) >= 11 is 0. The third kappa shape index (κ3) is 4.13. The summed E-state index contributed by atoms with van der Waals surface area (Å²) in [6.07, 6.45) is 7.19. The molecule has 1 saturated heterocycles. The van der Waals surface area contributed by atoms with Crippen LogP contribution >= 0.6 is 12.4 Å². The quantitative estimate of drug-likeness (QED) is 0.830. The van der Waals surface area contributed by atoms with Crippen LogP contribution in [0.3, 0.4) is 0 Å². The average molecular weight is 275 g/mol. The molecule has 2 N–H and O–H groups in total. The highest BCUT2D eigenvalue weighted by atomic mass is 35.5. The van der Waals surface area contributed by atoms with Crippen LogP contribution in [0.25, 0.3) is 0 Å². The maximum atomic E-state index is 12.1. The number of rotatable bonds is 3. The Bertz CT molecular complexity index is 277. The second-order valence-corrected chi connectivity index (χ2v) is 6.31. The number of hydrogen-bond acceptors (Lipinski definition) is 2. The summed E-state index contributed by atoms with van der Waals surface area (Å²) < 4.78 is 0. The number of carbonyl (C=O) groups is 1. The molecule has 1 aliphatic carbocycles. The molecule has 2 atom stereocenters. The molecule has 2 aliphatic rings. The van der Waals surface area contributed by atoms with E-state index in [0.29, 0.717) is 11.5 Å². The van der Waals surface area contributed by atoms with Crippen LogP contribution in [0.2, 0.25) is 0 Å². The van der Waals surface area contributed by atoms with Gasteiger partial charge in [0.2, 0.25) is 5.91 Å². The van der Waals surface area contributed by atoms with Gasteiger partial charge in [0, 0.05) is 18.5 Å². The highest BCUT2D eigenvalue weighted by Crippen LogP contribution is 2.36. The lowest BCUT2D eigenvalue weighted by Gasteiger charge is -2.29. The zero-order chi connectivity index (χ0) is 12.3. The Kier molecular flexibility index (Phi) is 5.93. The van der Waals surface area contributed by atoms with Crippen LogP contribution in [-0.4, -0.2) is 25.0 Å². The molecule has 3 nitrogen and oxygen atoms in total. The Morgan fingerprint density at radius 3 is 2.67 bits per heavy atom. The molecule has 1 heterocycles. The molecule has 106 valence electrons. The number of nitrogens with one attached hydrogen (secondary N) is 2. The molecule has 1 saturated carbocycles. The van der Waals surface area contributed by atoms with E-state index in [1.807, 2.05) is 0 Å². The van der Waals surface area contributed by atoms with Gasteiger partial charge < -0.3 is 10.6 Å². The zero-order valence-corrected chi connectivity index (χ0v) is 12.4. The highest BCUT2D eigenvalue weighted by Gasteiger charge is 2.30. The lowest BCUT2D eigenvalue weighted by molar-refractivity contribution is -0.126. The molecule has 0 aromatic rings. The first-order valence-corrected chi connectivity index (χ1v) is 7.10. The predicted octanol–water partition coefficient (Wildman–Crippen LogP) is 2.49. The van der Waals surface area contributed by atoms with Crippen molar-refractivity contribution < 1.29 is 4.79 Å². The Morgan fingerprint density at radius 2 is 2.06 bits per heavy atom. The van der Waals surface area contributed by atoms with Crippen LogP contribution < -0.4 is 10.6 Å². The van der Waals surface area contributed by atoms with Gasteiger partial charge in [0.15, 0.2) is 0 Å². The Labute approximate surface area is 117 Å². The van der Waals surface area contributed by atoms with E-state index in [0.717, 1.165) is 25.9 Å². The van der Waals surface area contributed by atoms with E-state index in [9.17, 15) is 4.79 Å². The second kappa shape index (κ2) is 6.76. The fraction of sp³-hybridized carbons (Fsp3) is 0.929. The van der Waals surface area contributed by atoms with Crippen molar-refractivity contribution in [1.82, 2.24) is 10.6 Å².